The zero-order chi connectivity index (χ0) is 25.5. The van der Waals surface area contributed by atoms with Gasteiger partial charge in [0.25, 0.3) is 11.8 Å². The van der Waals surface area contributed by atoms with Crippen molar-refractivity contribution in [2.24, 2.45) is 0 Å². The summed E-state index contributed by atoms with van der Waals surface area (Å²) in [6.45, 7) is 0. The number of amides is 2. The van der Waals surface area contributed by atoms with Gasteiger partial charge < -0.3 is 20.8 Å². The van der Waals surface area contributed by atoms with Crippen LogP contribution in [-0.4, -0.2) is 40.1 Å². The van der Waals surface area contributed by atoms with Crippen LogP contribution in [0.4, 0.5) is 0 Å². The molecule has 0 spiro atoms. The van der Waals surface area contributed by atoms with Crippen LogP contribution >= 0.6 is 0 Å². The molecule has 3 atom stereocenters. The predicted molar refractivity (Wildman–Crippen MR) is 136 cm³/mol. The van der Waals surface area contributed by atoms with Gasteiger partial charge >= 0.3 is 5.97 Å². The van der Waals surface area contributed by atoms with Crippen molar-refractivity contribution in [3.05, 3.63) is 120 Å². The zero-order valence-electron chi connectivity index (χ0n) is 19.4. The topological polar surface area (TPSA) is 116 Å². The van der Waals surface area contributed by atoms with Gasteiger partial charge in [-0.3, -0.25) is 9.59 Å². The first kappa shape index (κ1) is 24.6. The summed E-state index contributed by atoms with van der Waals surface area (Å²) in [6.07, 6.45) is -1.69. The van der Waals surface area contributed by atoms with Gasteiger partial charge in [0, 0.05) is 12.0 Å². The van der Waals surface area contributed by atoms with Crippen LogP contribution in [0.1, 0.15) is 27.5 Å². The van der Waals surface area contributed by atoms with Crippen molar-refractivity contribution < 1.29 is 24.6 Å². The van der Waals surface area contributed by atoms with E-state index < -0.39 is 36.0 Å². The third-order valence-electron chi connectivity index (χ3n) is 5.93. The summed E-state index contributed by atoms with van der Waals surface area (Å²) in [5.74, 6) is -2.60. The Kier molecular flexibility index (Phi) is 7.72. The van der Waals surface area contributed by atoms with E-state index in [9.17, 15) is 24.6 Å². The number of benzene rings is 4. The lowest BCUT2D eigenvalue weighted by molar-refractivity contribution is -0.143. The molecule has 36 heavy (non-hydrogen) atoms. The van der Waals surface area contributed by atoms with Crippen LogP contribution in [0.5, 0.6) is 0 Å². The molecule has 0 fully saturated rings. The van der Waals surface area contributed by atoms with Crippen LogP contribution in [0.25, 0.3) is 10.8 Å². The predicted octanol–water partition coefficient (Wildman–Crippen LogP) is 3.48. The molecule has 0 heterocycles. The molecule has 4 aromatic rings. The van der Waals surface area contributed by atoms with Crippen molar-refractivity contribution in [2.75, 3.05) is 0 Å². The van der Waals surface area contributed by atoms with Gasteiger partial charge in [-0.1, -0.05) is 91.0 Å². The lowest BCUT2D eigenvalue weighted by Gasteiger charge is -2.25. The van der Waals surface area contributed by atoms with Crippen LogP contribution in [-0.2, 0) is 16.0 Å². The number of aliphatic hydroxyl groups is 1. The van der Waals surface area contributed by atoms with Gasteiger partial charge in [-0.05, 0) is 34.0 Å². The number of carboxylic acids is 1. The van der Waals surface area contributed by atoms with Gasteiger partial charge in [0.1, 0.15) is 6.04 Å². The summed E-state index contributed by atoms with van der Waals surface area (Å²) in [5.41, 5.74) is 1.60. The molecule has 0 aliphatic heterocycles. The van der Waals surface area contributed by atoms with E-state index in [-0.39, 0.29) is 6.42 Å². The number of nitrogens with one attached hydrogen (secondary N) is 2. The fourth-order valence-corrected chi connectivity index (χ4v) is 4.03. The molecule has 4 rings (SSSR count). The molecule has 7 heteroatoms. The number of aliphatic carboxylic acids is 1. The smallest absolute Gasteiger partial charge is 0.326 e. The summed E-state index contributed by atoms with van der Waals surface area (Å²) in [5, 5.41) is 27.8. The molecule has 0 saturated heterocycles. The summed E-state index contributed by atoms with van der Waals surface area (Å²) in [4.78, 5) is 37.8. The van der Waals surface area contributed by atoms with E-state index in [1.807, 2.05) is 42.5 Å². The van der Waals surface area contributed by atoms with E-state index >= 15 is 0 Å². The van der Waals surface area contributed by atoms with E-state index in [1.54, 1.807) is 60.7 Å². The van der Waals surface area contributed by atoms with Gasteiger partial charge in [-0.2, -0.15) is 0 Å². The van der Waals surface area contributed by atoms with E-state index in [0.29, 0.717) is 11.1 Å². The normalized spacial score (nSPS) is 13.4. The Balaban J connectivity index is 1.52. The highest BCUT2D eigenvalue weighted by Gasteiger charge is 2.32. The van der Waals surface area contributed by atoms with Crippen molar-refractivity contribution in [1.29, 1.82) is 0 Å². The quantitative estimate of drug-likeness (QED) is 0.292. The lowest BCUT2D eigenvalue weighted by atomic mass is 9.98. The molecule has 182 valence electrons. The number of fused-ring (bicyclic) bond motifs is 1. The number of carbonyl (C=O) groups is 3. The molecule has 0 aliphatic carbocycles. The van der Waals surface area contributed by atoms with Gasteiger partial charge in [0.15, 0.2) is 6.10 Å². The molecule has 0 saturated carbocycles. The Hall–Kier alpha value is -4.49. The summed E-state index contributed by atoms with van der Waals surface area (Å²) in [7, 11) is 0. The third-order valence-corrected chi connectivity index (χ3v) is 5.93. The Labute approximate surface area is 208 Å². The Morgan fingerprint density at radius 1 is 0.722 bits per heavy atom. The second-order valence-corrected chi connectivity index (χ2v) is 8.46. The number of aliphatic hydroxyl groups excluding tert-OH is 1. The van der Waals surface area contributed by atoms with Crippen LogP contribution in [0.3, 0.4) is 0 Å². The highest BCUT2D eigenvalue weighted by atomic mass is 16.4. The van der Waals surface area contributed by atoms with Crippen LogP contribution < -0.4 is 10.6 Å². The van der Waals surface area contributed by atoms with E-state index in [2.05, 4.69) is 10.6 Å². The summed E-state index contributed by atoms with van der Waals surface area (Å²) >= 11 is 0. The molecule has 0 aliphatic rings. The largest absolute Gasteiger partial charge is 0.480 e. The molecule has 0 bridgehead atoms. The van der Waals surface area contributed by atoms with Gasteiger partial charge in [-0.25, -0.2) is 4.79 Å². The lowest BCUT2D eigenvalue weighted by Crippen LogP contribution is -2.50. The highest BCUT2D eigenvalue weighted by molar-refractivity contribution is 5.95. The van der Waals surface area contributed by atoms with Gasteiger partial charge in [0.2, 0.25) is 0 Å². The molecule has 4 aromatic carbocycles. The standard InChI is InChI=1S/C29H26N2O5/c32-26(25(21-10-3-1-4-11-21)31-27(33)22-12-5-2-6-13-22)28(34)30-24(29(35)36)18-19-15-16-20-9-7-8-14-23(20)17-19/h1-17,24-26,32H,18H2,(H,30,34)(H,31,33)(H,35,36)/t24-,25-,26+/m0/s1. The number of carbonyl (C=O) groups excluding carboxylic acids is 2. The van der Waals surface area contributed by atoms with Crippen molar-refractivity contribution in [3.8, 4) is 0 Å². The minimum atomic E-state index is -1.72. The first-order chi connectivity index (χ1) is 17.4. The van der Waals surface area contributed by atoms with Crippen molar-refractivity contribution in [1.82, 2.24) is 10.6 Å². The van der Waals surface area contributed by atoms with Crippen LogP contribution in [0.15, 0.2) is 103 Å². The Morgan fingerprint density at radius 3 is 2.00 bits per heavy atom. The second kappa shape index (κ2) is 11.3. The Bertz CT molecular complexity index is 1360. The highest BCUT2D eigenvalue weighted by Crippen LogP contribution is 2.20. The first-order valence-electron chi connectivity index (χ1n) is 11.5. The molecule has 7 nitrogen and oxygen atoms in total. The summed E-state index contributed by atoms with van der Waals surface area (Å²) < 4.78 is 0. The SMILES string of the molecule is O=C(N[C@@H](c1ccccc1)[C@@H](O)C(=O)N[C@@H](Cc1ccc2ccccc2c1)C(=O)O)c1ccccc1. The molecule has 4 N–H and O–H groups in total. The average Bonchev–Trinajstić information content (AvgIpc) is 2.91. The van der Waals surface area contributed by atoms with E-state index in [4.69, 9.17) is 0 Å². The molecular weight excluding hydrogens is 456 g/mol. The Morgan fingerprint density at radius 2 is 1.33 bits per heavy atom. The van der Waals surface area contributed by atoms with Crippen molar-refractivity contribution in [3.63, 3.8) is 0 Å². The van der Waals surface area contributed by atoms with Crippen molar-refractivity contribution in [2.45, 2.75) is 24.6 Å². The zero-order valence-corrected chi connectivity index (χ0v) is 19.4. The fraction of sp³-hybridized carbons (Fsp3) is 0.138. The number of carboxylic acid groups (broad SMARTS) is 1. The van der Waals surface area contributed by atoms with Gasteiger partial charge in [0.05, 0.1) is 6.04 Å². The maximum absolute atomic E-state index is 13.0. The minimum absolute atomic E-state index is 0.0327. The minimum Gasteiger partial charge on any atom is -0.480 e. The average molecular weight is 483 g/mol. The maximum atomic E-state index is 13.0. The number of hydrogen-bond acceptors (Lipinski definition) is 4. The molecule has 2 amide bonds. The maximum Gasteiger partial charge on any atom is 0.326 e. The molecule has 0 aromatic heterocycles. The molecule has 0 radical (unpaired) electrons. The fourth-order valence-electron chi connectivity index (χ4n) is 4.03. The van der Waals surface area contributed by atoms with E-state index in [0.717, 1.165) is 16.3 Å². The number of rotatable bonds is 9. The van der Waals surface area contributed by atoms with Gasteiger partial charge in [-0.15, -0.1) is 0 Å². The second-order valence-electron chi connectivity index (χ2n) is 8.46. The monoisotopic (exact) mass is 482 g/mol. The van der Waals surface area contributed by atoms with E-state index in [1.165, 1.54) is 0 Å². The molecular formula is C29H26N2O5. The third kappa shape index (κ3) is 5.95. The van der Waals surface area contributed by atoms with Crippen molar-refractivity contribution >= 4 is 28.6 Å². The van der Waals surface area contributed by atoms with Crippen LogP contribution in [0.2, 0.25) is 0 Å². The number of hydrogen-bond donors (Lipinski definition) is 4. The first-order valence-corrected chi connectivity index (χ1v) is 11.5. The van der Waals surface area contributed by atoms with Crippen LogP contribution in [0, 0.1) is 0 Å². The summed E-state index contributed by atoms with van der Waals surface area (Å²) in [6, 6.07) is 27.9. The molecule has 0 unspecified atom stereocenters.